The molecule has 3 N–H and O–H groups in total. The summed E-state index contributed by atoms with van der Waals surface area (Å²) < 4.78 is 0. The minimum atomic E-state index is -0.935. The van der Waals surface area contributed by atoms with Crippen LogP contribution in [0, 0.1) is 0 Å². The molecule has 46 valence electrons. The second-order valence-corrected chi connectivity index (χ2v) is 1.09. The van der Waals surface area contributed by atoms with E-state index < -0.39 is 5.97 Å². The van der Waals surface area contributed by atoms with Gasteiger partial charge in [-0.1, -0.05) is 6.58 Å². The third kappa shape index (κ3) is 9.66. The van der Waals surface area contributed by atoms with Crippen molar-refractivity contribution in [3.05, 3.63) is 12.2 Å². The van der Waals surface area contributed by atoms with Crippen molar-refractivity contribution >= 4 is 43.7 Å². The molecule has 0 aliphatic heterocycles. The molecule has 8 heavy (non-hydrogen) atoms. The molecule has 0 saturated carbocycles. The van der Waals surface area contributed by atoms with Crippen LogP contribution in [-0.2, 0) is 4.79 Å². The van der Waals surface area contributed by atoms with Gasteiger partial charge in [-0.2, -0.15) is 0 Å². The Labute approximate surface area is 77.7 Å². The van der Waals surface area contributed by atoms with Crippen molar-refractivity contribution in [2.45, 2.75) is 6.92 Å². The molecule has 4 heteroatoms. The fourth-order valence-electron chi connectivity index (χ4n) is 0. The molecular weight excluding hydrogens is 136 g/mol. The zero-order valence-electron chi connectivity index (χ0n) is 4.06. The quantitative estimate of drug-likeness (QED) is 0.377. The van der Waals surface area contributed by atoms with E-state index in [4.69, 9.17) is 5.11 Å². The van der Waals surface area contributed by atoms with E-state index in [2.05, 4.69) is 6.58 Å². The summed E-state index contributed by atoms with van der Waals surface area (Å²) in [6.45, 7) is 4.60. The van der Waals surface area contributed by atoms with E-state index in [1.165, 1.54) is 6.92 Å². The van der Waals surface area contributed by atoms with Crippen LogP contribution in [0.5, 0.6) is 0 Å². The minimum absolute atomic E-state index is 0. The van der Waals surface area contributed by atoms with Gasteiger partial charge in [0.15, 0.2) is 0 Å². The first-order chi connectivity index (χ1) is 2.64. The Hall–Kier alpha value is 0.430. The van der Waals surface area contributed by atoms with Crippen molar-refractivity contribution in [3.8, 4) is 0 Å². The van der Waals surface area contributed by atoms with Crippen molar-refractivity contribution in [3.63, 3.8) is 0 Å². The van der Waals surface area contributed by atoms with E-state index in [0.29, 0.717) is 0 Å². The number of carboxylic acid groups (broad SMARTS) is 1. The molecule has 0 aromatic carbocycles. The number of carbonyl (C=O) groups is 1. The van der Waals surface area contributed by atoms with Gasteiger partial charge >= 0.3 is 43.7 Å². The molecule has 0 aromatic rings. The molecule has 0 fully saturated rings. The molecule has 0 amide bonds. The van der Waals surface area contributed by atoms with Crippen LogP contribution in [0.1, 0.15) is 6.92 Å². The van der Waals surface area contributed by atoms with Crippen LogP contribution in [0.4, 0.5) is 0 Å². The predicted octanol–water partition coefficient (Wildman–Crippen LogP) is -1.09. The molecule has 0 heterocycles. The molecule has 0 atom stereocenters. The Morgan fingerprint density at radius 3 is 1.75 bits per heavy atom. The van der Waals surface area contributed by atoms with E-state index in [9.17, 15) is 4.79 Å². The van der Waals surface area contributed by atoms with Gasteiger partial charge in [-0.15, -0.1) is 0 Å². The second-order valence-electron chi connectivity index (χ2n) is 1.09. The Morgan fingerprint density at radius 2 is 1.75 bits per heavy atom. The van der Waals surface area contributed by atoms with Crippen LogP contribution in [-0.4, -0.2) is 54.3 Å². The van der Waals surface area contributed by atoms with Gasteiger partial charge in [0.1, 0.15) is 0 Å². The number of carboxylic acids is 1. The normalized spacial score (nSPS) is 5.62. The van der Waals surface area contributed by atoms with E-state index in [1.54, 1.807) is 0 Å². The van der Waals surface area contributed by atoms with Crippen LogP contribution in [0.2, 0.25) is 0 Å². The van der Waals surface area contributed by atoms with Gasteiger partial charge in [-0.05, 0) is 6.92 Å². The first kappa shape index (κ1) is 15.8. The monoisotopic (exact) mass is 146 g/mol. The summed E-state index contributed by atoms with van der Waals surface area (Å²) in [4.78, 5) is 9.60. The van der Waals surface area contributed by atoms with Gasteiger partial charge in [0.05, 0.1) is 0 Å². The predicted molar refractivity (Wildman–Crippen MR) is 34.6 cm³/mol. The summed E-state index contributed by atoms with van der Waals surface area (Å²) in [6.07, 6.45) is 0. The first-order valence-corrected chi connectivity index (χ1v) is 1.53. The summed E-state index contributed by atoms with van der Waals surface area (Å²) in [7, 11) is 0. The van der Waals surface area contributed by atoms with E-state index in [-0.39, 0.29) is 48.8 Å². The number of rotatable bonds is 1. The number of hydrogen-bond acceptors (Lipinski definition) is 1. The van der Waals surface area contributed by atoms with Gasteiger partial charge in [0.2, 0.25) is 0 Å². The Morgan fingerprint density at radius 1 is 1.62 bits per heavy atom. The molecule has 0 aliphatic rings. The Bertz CT molecular complexity index is 77.3. The number of hydrogen-bond donors (Lipinski definition) is 1. The van der Waals surface area contributed by atoms with Crippen molar-refractivity contribution < 1.29 is 15.4 Å². The van der Waals surface area contributed by atoms with Gasteiger partial charge in [-0.3, -0.25) is 0 Å². The summed E-state index contributed by atoms with van der Waals surface area (Å²) in [5.41, 5.74) is 0.176. The van der Waals surface area contributed by atoms with Crippen molar-refractivity contribution in [1.82, 2.24) is 0 Å². The molecule has 3 nitrogen and oxygen atoms in total. The van der Waals surface area contributed by atoms with Crippen LogP contribution >= 0.6 is 0 Å². The standard InChI is InChI=1S/C4H6O2.Ca.H2O.2H/c1-3(2)4(5)6;;;;/h1H2,2H3,(H,5,6);;1H2;;. The summed E-state index contributed by atoms with van der Waals surface area (Å²) in [5, 5.41) is 7.89. The van der Waals surface area contributed by atoms with Gasteiger partial charge in [0, 0.05) is 5.57 Å². The van der Waals surface area contributed by atoms with Gasteiger partial charge in [0.25, 0.3) is 0 Å². The summed E-state index contributed by atoms with van der Waals surface area (Å²) >= 11 is 0. The molecular formula is C4H10CaO3. The van der Waals surface area contributed by atoms with E-state index in [0.717, 1.165) is 0 Å². The SMILES string of the molecule is C=C(C)C(=O)O.O.[CaH2]. The number of aliphatic carboxylic acids is 1. The van der Waals surface area contributed by atoms with Gasteiger partial charge in [-0.25, -0.2) is 4.79 Å². The van der Waals surface area contributed by atoms with Crippen molar-refractivity contribution in [2.24, 2.45) is 0 Å². The molecule has 0 aliphatic carbocycles. The van der Waals surface area contributed by atoms with Crippen LogP contribution < -0.4 is 0 Å². The average Bonchev–Trinajstić information content (AvgIpc) is 1.36. The van der Waals surface area contributed by atoms with E-state index >= 15 is 0 Å². The molecule has 0 saturated heterocycles. The van der Waals surface area contributed by atoms with Crippen LogP contribution in [0.3, 0.4) is 0 Å². The molecule has 0 unspecified atom stereocenters. The fraction of sp³-hybridized carbons (Fsp3) is 0.250. The van der Waals surface area contributed by atoms with Crippen molar-refractivity contribution in [1.29, 1.82) is 0 Å². The second kappa shape index (κ2) is 7.43. The molecule has 0 bridgehead atoms. The van der Waals surface area contributed by atoms with E-state index in [1.807, 2.05) is 0 Å². The molecule has 0 radical (unpaired) electrons. The maximum absolute atomic E-state index is 9.60. The molecule has 0 spiro atoms. The zero-order valence-corrected chi connectivity index (χ0v) is 4.06. The Kier molecular flexibility index (Phi) is 14.7. The average molecular weight is 146 g/mol. The first-order valence-electron chi connectivity index (χ1n) is 1.53. The fourth-order valence-corrected chi connectivity index (χ4v) is 0. The molecule has 0 aromatic heterocycles. The molecule has 0 rings (SSSR count). The zero-order chi connectivity index (χ0) is 5.15. The summed E-state index contributed by atoms with van der Waals surface area (Å²) in [5.74, 6) is -0.935. The third-order valence-electron chi connectivity index (χ3n) is 0.365. The summed E-state index contributed by atoms with van der Waals surface area (Å²) in [6, 6.07) is 0. The third-order valence-corrected chi connectivity index (χ3v) is 0.365. The maximum atomic E-state index is 9.60. The topological polar surface area (TPSA) is 68.8 Å². The van der Waals surface area contributed by atoms with Crippen LogP contribution in [0.15, 0.2) is 12.2 Å². The Balaban J connectivity index is -0.000000125. The van der Waals surface area contributed by atoms with Crippen LogP contribution in [0.25, 0.3) is 0 Å². The van der Waals surface area contributed by atoms with Crippen molar-refractivity contribution in [2.75, 3.05) is 0 Å². The van der Waals surface area contributed by atoms with Gasteiger partial charge < -0.3 is 10.6 Å².